The lowest BCUT2D eigenvalue weighted by atomic mass is 9.85. The van der Waals surface area contributed by atoms with Gasteiger partial charge in [0.1, 0.15) is 24.4 Å². The molecule has 0 heterocycles. The molecule has 0 fully saturated rings. The molecule has 1 aromatic carbocycles. The molecule has 0 saturated heterocycles. The summed E-state index contributed by atoms with van der Waals surface area (Å²) in [5.41, 5.74) is -18.8. The minimum Gasteiger partial charge on any atom is -0.458 e. The maximum Gasteiger partial charge on any atom is 0.430 e. The lowest BCUT2D eigenvalue weighted by Crippen LogP contribution is -2.58. The monoisotopic (exact) mass is 764 g/mol. The Bertz CT molecular complexity index is 1040. The van der Waals surface area contributed by atoms with Gasteiger partial charge < -0.3 is 18.9 Å². The second kappa shape index (κ2) is 12.4. The molecule has 0 saturated carbocycles. The van der Waals surface area contributed by atoms with Gasteiger partial charge in [0, 0.05) is 14.7 Å². The van der Waals surface area contributed by atoms with Crippen molar-refractivity contribution in [3.8, 4) is 0 Å². The molecule has 0 aliphatic rings. The fourth-order valence-electron chi connectivity index (χ4n) is 3.54. The number of esters is 2. The third-order valence-electron chi connectivity index (χ3n) is 4.96. The Kier molecular flexibility index (Phi) is 11.2. The predicted octanol–water partition coefficient (Wildman–Crippen LogP) is 7.65. The lowest BCUT2D eigenvalue weighted by molar-refractivity contribution is -0.389. The number of halogens is 13. The molecule has 0 bridgehead atoms. The molecule has 0 aliphatic carbocycles. The molecule has 0 unspecified atom stereocenters. The highest BCUT2D eigenvalue weighted by Crippen LogP contribution is 2.57. The van der Waals surface area contributed by atoms with Crippen LogP contribution in [0.4, 0.5) is 52.7 Å². The van der Waals surface area contributed by atoms with Crippen LogP contribution in [-0.2, 0) is 39.7 Å². The molecule has 1 aromatic rings. The Morgan fingerprint density at radius 1 is 0.558 bits per heavy atom. The topological polar surface area (TPSA) is 71.1 Å². The van der Waals surface area contributed by atoms with E-state index in [4.69, 9.17) is 0 Å². The first-order chi connectivity index (χ1) is 18.8. The van der Waals surface area contributed by atoms with Gasteiger partial charge >= 0.3 is 36.6 Å². The largest absolute Gasteiger partial charge is 0.458 e. The summed E-state index contributed by atoms with van der Waals surface area (Å²) in [7, 11) is 0. The maximum absolute atomic E-state index is 14.2. The summed E-state index contributed by atoms with van der Waals surface area (Å²) in [6, 6.07) is -0.786. The number of alkyl halides is 12. The lowest BCUT2D eigenvalue weighted by Gasteiger charge is -2.40. The van der Waals surface area contributed by atoms with Crippen LogP contribution < -0.4 is 0 Å². The zero-order valence-electron chi connectivity index (χ0n) is 23.0. The highest BCUT2D eigenvalue weighted by Gasteiger charge is 2.76. The van der Waals surface area contributed by atoms with Crippen LogP contribution in [-0.4, -0.2) is 61.1 Å². The summed E-state index contributed by atoms with van der Waals surface area (Å²) in [6.45, 7) is 3.04. The second-order valence-electron chi connectivity index (χ2n) is 10.8. The minimum atomic E-state index is -6.62. The fraction of sp³-hybridized carbons (Fsp3) is 0.667. The number of hydrogen-bond acceptors (Lipinski definition) is 6. The van der Waals surface area contributed by atoms with Crippen LogP contribution in [0.3, 0.4) is 0 Å². The number of hydrogen-bond donors (Lipinski definition) is 0. The minimum absolute atomic E-state index is 0.0362. The summed E-state index contributed by atoms with van der Waals surface area (Å²) in [4.78, 5) is 23.9. The molecule has 0 aromatic heterocycles. The molecule has 0 N–H and O–H groups in total. The van der Waals surface area contributed by atoms with Crippen LogP contribution in [0.15, 0.2) is 18.2 Å². The van der Waals surface area contributed by atoms with Gasteiger partial charge in [0.25, 0.3) is 11.2 Å². The van der Waals surface area contributed by atoms with Crippen LogP contribution >= 0.6 is 22.6 Å². The average molecular weight is 764 g/mol. The van der Waals surface area contributed by atoms with Crippen molar-refractivity contribution in [2.24, 2.45) is 0 Å². The fourth-order valence-corrected chi connectivity index (χ4v) is 4.21. The Labute approximate surface area is 250 Å². The number of benzene rings is 1. The van der Waals surface area contributed by atoms with E-state index in [1.165, 1.54) is 41.5 Å². The predicted molar refractivity (Wildman–Crippen MR) is 130 cm³/mol. The van der Waals surface area contributed by atoms with Gasteiger partial charge in [0.05, 0.1) is 0 Å². The SMILES string of the molecule is CC(C)(C)OC(=O)COC(c1cc(I)cc(C(OCC(=O)OC(C)(C)C)(C(F)(F)F)C(F)(F)F)c1)(C(F)(F)F)C(F)(F)F. The van der Waals surface area contributed by atoms with Crippen LogP contribution in [0.25, 0.3) is 0 Å². The van der Waals surface area contributed by atoms with Crippen molar-refractivity contribution in [2.75, 3.05) is 13.2 Å². The van der Waals surface area contributed by atoms with Crippen LogP contribution in [0.2, 0.25) is 0 Å². The first kappa shape index (κ1) is 39.0. The summed E-state index contributed by atoms with van der Waals surface area (Å²) in [6.07, 6.45) is -26.5. The zero-order chi connectivity index (χ0) is 34.3. The number of carbonyl (C=O) groups is 2. The third-order valence-corrected chi connectivity index (χ3v) is 5.58. The number of rotatable bonds is 8. The van der Waals surface area contributed by atoms with Crippen molar-refractivity contribution < 1.29 is 81.2 Å². The Balaban J connectivity index is 4.07. The zero-order valence-corrected chi connectivity index (χ0v) is 25.2. The van der Waals surface area contributed by atoms with Crippen molar-refractivity contribution in [1.82, 2.24) is 0 Å². The van der Waals surface area contributed by atoms with Crippen LogP contribution in [0.5, 0.6) is 0 Å². The van der Waals surface area contributed by atoms with E-state index in [1.807, 2.05) is 0 Å². The van der Waals surface area contributed by atoms with Crippen molar-refractivity contribution in [3.05, 3.63) is 32.9 Å². The smallest absolute Gasteiger partial charge is 0.430 e. The number of ether oxygens (including phenoxy) is 4. The van der Waals surface area contributed by atoms with Gasteiger partial charge in [-0.2, -0.15) is 52.7 Å². The molecule has 19 heteroatoms. The molecule has 0 radical (unpaired) electrons. The van der Waals surface area contributed by atoms with E-state index in [1.54, 1.807) is 0 Å². The van der Waals surface area contributed by atoms with Crippen LogP contribution in [0.1, 0.15) is 52.7 Å². The summed E-state index contributed by atoms with van der Waals surface area (Å²) in [5, 5.41) is 0. The molecule has 0 amide bonds. The number of carbonyl (C=O) groups excluding carboxylic acids is 2. The quantitative estimate of drug-likeness (QED) is 0.154. The molecular formula is C24H25F12IO6. The first-order valence-corrected chi connectivity index (χ1v) is 12.7. The maximum atomic E-state index is 14.2. The summed E-state index contributed by atoms with van der Waals surface area (Å²) >= 11 is 0.879. The van der Waals surface area contributed by atoms with Gasteiger partial charge in [-0.25, -0.2) is 9.59 Å². The van der Waals surface area contributed by atoms with E-state index in [9.17, 15) is 62.3 Å². The van der Waals surface area contributed by atoms with Crippen LogP contribution in [0, 0.1) is 3.57 Å². The van der Waals surface area contributed by atoms with Gasteiger partial charge in [0.2, 0.25) is 0 Å². The van der Waals surface area contributed by atoms with Gasteiger partial charge in [-0.1, -0.05) is 0 Å². The van der Waals surface area contributed by atoms with Crippen molar-refractivity contribution in [2.45, 2.75) is 88.7 Å². The average Bonchev–Trinajstić information content (AvgIpc) is 2.67. The second-order valence-corrected chi connectivity index (χ2v) is 12.1. The van der Waals surface area contributed by atoms with Crippen molar-refractivity contribution >= 4 is 34.5 Å². The van der Waals surface area contributed by atoms with E-state index >= 15 is 0 Å². The van der Waals surface area contributed by atoms with Gasteiger partial charge in [0.15, 0.2) is 0 Å². The van der Waals surface area contributed by atoms with Gasteiger partial charge in [-0.15, -0.1) is 0 Å². The molecule has 0 aliphatic heterocycles. The van der Waals surface area contributed by atoms with E-state index in [0.29, 0.717) is 0 Å². The third kappa shape index (κ3) is 9.01. The van der Waals surface area contributed by atoms with E-state index in [2.05, 4.69) is 18.9 Å². The highest BCUT2D eigenvalue weighted by molar-refractivity contribution is 14.1. The van der Waals surface area contributed by atoms with Gasteiger partial charge in [-0.05, 0) is 82.3 Å². The Morgan fingerprint density at radius 2 is 0.814 bits per heavy atom. The molecule has 0 spiro atoms. The van der Waals surface area contributed by atoms with E-state index in [0.717, 1.165) is 22.6 Å². The summed E-state index contributed by atoms with van der Waals surface area (Å²) in [5.74, 6) is -3.53. The van der Waals surface area contributed by atoms with Crippen molar-refractivity contribution in [1.29, 1.82) is 0 Å². The molecule has 0 atom stereocenters. The molecule has 1 rings (SSSR count). The van der Waals surface area contributed by atoms with E-state index in [-0.39, 0.29) is 12.1 Å². The normalized spacial score (nSPS) is 14.5. The van der Waals surface area contributed by atoms with Gasteiger partial charge in [-0.3, -0.25) is 0 Å². The molecular weight excluding hydrogens is 739 g/mol. The highest BCUT2D eigenvalue weighted by atomic mass is 127. The van der Waals surface area contributed by atoms with E-state index < -0.39 is 93.0 Å². The molecule has 43 heavy (non-hydrogen) atoms. The first-order valence-electron chi connectivity index (χ1n) is 11.6. The van der Waals surface area contributed by atoms with Crippen molar-refractivity contribution in [3.63, 3.8) is 0 Å². The molecule has 248 valence electrons. The Hall–Kier alpha value is -2.03. The Morgan fingerprint density at radius 3 is 1.02 bits per heavy atom. The summed E-state index contributed by atoms with van der Waals surface area (Å²) < 4.78 is 187. The standard InChI is InChI=1S/C24H25F12IO6/c1-17(2,3)42-15(38)10-40-19(21(25,26)27,22(28,29)30)12-7-13(9-14(37)8-12)20(23(31,32)33,24(34,35)36)41-11-16(39)43-18(4,5)6/h7-9H,10-11H2,1-6H3. The molecule has 6 nitrogen and oxygen atoms in total.